The van der Waals surface area contributed by atoms with E-state index in [-0.39, 0.29) is 24.5 Å². The van der Waals surface area contributed by atoms with Crippen LogP contribution in [-0.4, -0.2) is 31.0 Å². The van der Waals surface area contributed by atoms with Gasteiger partial charge in [-0.15, -0.1) is 0 Å². The Morgan fingerprint density at radius 1 is 1.32 bits per heavy atom. The first-order valence-corrected chi connectivity index (χ1v) is 7.38. The van der Waals surface area contributed by atoms with Crippen molar-refractivity contribution >= 4 is 23.3 Å². The molecule has 122 valence electrons. The van der Waals surface area contributed by atoms with E-state index in [4.69, 9.17) is 25.9 Å². The highest BCUT2D eigenvalue weighted by Crippen LogP contribution is 2.24. The van der Waals surface area contributed by atoms with Gasteiger partial charge in [-0.1, -0.05) is 28.9 Å². The molecule has 0 aliphatic carbocycles. The highest BCUT2D eigenvalue weighted by molar-refractivity contribution is 6.44. The van der Waals surface area contributed by atoms with Gasteiger partial charge >= 0.3 is 5.97 Å². The third kappa shape index (κ3) is 5.31. The molecule has 0 spiro atoms. The second-order valence-corrected chi connectivity index (χ2v) is 5.92. The van der Waals surface area contributed by atoms with Crippen molar-refractivity contribution in [3.63, 3.8) is 0 Å². The van der Waals surface area contributed by atoms with Crippen molar-refractivity contribution in [3.8, 4) is 0 Å². The summed E-state index contributed by atoms with van der Waals surface area (Å²) in [5.74, 6) is -0.566. The summed E-state index contributed by atoms with van der Waals surface area (Å²) in [5, 5.41) is 4.28. The first-order chi connectivity index (χ1) is 10.3. The Morgan fingerprint density at radius 2 is 2.00 bits per heavy atom. The first kappa shape index (κ1) is 18.5. The summed E-state index contributed by atoms with van der Waals surface area (Å²) in [7, 11) is 1.37. The molecule has 0 amide bonds. The van der Waals surface area contributed by atoms with E-state index in [9.17, 15) is 4.79 Å². The van der Waals surface area contributed by atoms with Gasteiger partial charge in [0.1, 0.15) is 7.11 Å². The fourth-order valence-corrected chi connectivity index (χ4v) is 1.93. The lowest BCUT2D eigenvalue weighted by molar-refractivity contribution is -0.135. The summed E-state index contributed by atoms with van der Waals surface area (Å²) in [6.45, 7) is 8.05. The molecule has 0 aliphatic heterocycles. The van der Waals surface area contributed by atoms with Crippen LogP contribution in [0.1, 0.15) is 38.8 Å². The maximum Gasteiger partial charge on any atom is 0.361 e. The van der Waals surface area contributed by atoms with Crippen molar-refractivity contribution < 1.29 is 19.1 Å². The van der Waals surface area contributed by atoms with Gasteiger partial charge in [-0.05, 0) is 33.8 Å². The third-order valence-electron chi connectivity index (χ3n) is 2.67. The summed E-state index contributed by atoms with van der Waals surface area (Å²) >= 11 is 6.26. The van der Waals surface area contributed by atoms with Crippen LogP contribution in [-0.2, 0) is 25.7 Å². The number of carbonyl (C=O) groups excluding carboxylic acids is 1. The van der Waals surface area contributed by atoms with Gasteiger partial charge in [0.25, 0.3) is 0 Å². The molecule has 1 aromatic rings. The molecule has 1 rings (SSSR count). The summed E-state index contributed by atoms with van der Waals surface area (Å²) in [4.78, 5) is 16.9. The van der Waals surface area contributed by atoms with E-state index in [1.165, 1.54) is 7.11 Å². The second-order valence-electron chi connectivity index (χ2n) is 5.51. The number of carbonyl (C=O) groups is 1. The van der Waals surface area contributed by atoms with Gasteiger partial charge in [0.2, 0.25) is 0 Å². The predicted molar refractivity (Wildman–Crippen MR) is 86.2 cm³/mol. The van der Waals surface area contributed by atoms with E-state index in [0.717, 1.165) is 0 Å². The Morgan fingerprint density at radius 3 is 2.55 bits per heavy atom. The molecule has 6 heteroatoms. The quantitative estimate of drug-likeness (QED) is 0.455. The van der Waals surface area contributed by atoms with Crippen molar-refractivity contribution in [1.29, 1.82) is 0 Å². The van der Waals surface area contributed by atoms with E-state index in [0.29, 0.717) is 16.1 Å². The number of ether oxygens (including phenoxy) is 2. The van der Waals surface area contributed by atoms with E-state index in [1.807, 2.05) is 20.8 Å². The normalized spacial score (nSPS) is 12.2. The minimum atomic E-state index is -0.566. The van der Waals surface area contributed by atoms with Crippen molar-refractivity contribution in [2.75, 3.05) is 13.7 Å². The topological polar surface area (TPSA) is 57.1 Å². The fourth-order valence-electron chi connectivity index (χ4n) is 1.70. The predicted octanol–water partition coefficient (Wildman–Crippen LogP) is 3.57. The Bertz CT molecular complexity index is 550. The molecule has 22 heavy (non-hydrogen) atoms. The largest absolute Gasteiger partial charge is 0.461 e. The number of hydrogen-bond acceptors (Lipinski definition) is 5. The Kier molecular flexibility index (Phi) is 6.84. The maximum absolute atomic E-state index is 12.1. The Labute approximate surface area is 136 Å². The Hall–Kier alpha value is -1.59. The van der Waals surface area contributed by atoms with Crippen molar-refractivity contribution in [3.05, 3.63) is 34.3 Å². The molecule has 0 saturated carbocycles. The average Bonchev–Trinajstić information content (AvgIpc) is 2.42. The molecule has 0 fully saturated rings. The van der Waals surface area contributed by atoms with E-state index < -0.39 is 5.97 Å². The molecule has 0 unspecified atom stereocenters. The number of hydrogen-bond donors (Lipinski definition) is 0. The number of nitrogens with zero attached hydrogens (tertiary/aromatic N) is 1. The van der Waals surface area contributed by atoms with Gasteiger partial charge in [-0.25, -0.2) is 4.79 Å². The van der Waals surface area contributed by atoms with Crippen molar-refractivity contribution in [1.82, 2.24) is 0 Å². The smallest absolute Gasteiger partial charge is 0.361 e. The van der Waals surface area contributed by atoms with Crippen molar-refractivity contribution in [2.45, 2.75) is 39.9 Å². The minimum Gasteiger partial charge on any atom is -0.461 e. The number of oxime groups is 1. The molecule has 0 bridgehead atoms. The molecule has 0 atom stereocenters. The standard InChI is InChI=1S/C16H22ClNO4/c1-6-21-15(19)14(18-20-5)11-8-7-9-13(17)12(11)10-22-16(2,3)4/h7-9H,6,10H2,1-5H3/b18-14-. The van der Waals surface area contributed by atoms with Crippen LogP contribution in [0.15, 0.2) is 23.4 Å². The van der Waals surface area contributed by atoms with Crippen LogP contribution < -0.4 is 0 Å². The molecule has 0 aliphatic rings. The highest BCUT2D eigenvalue weighted by atomic mass is 35.5. The average molecular weight is 328 g/mol. The zero-order chi connectivity index (χ0) is 16.8. The van der Waals surface area contributed by atoms with Gasteiger partial charge in [-0.2, -0.15) is 0 Å². The monoisotopic (exact) mass is 327 g/mol. The number of rotatable bonds is 6. The van der Waals surface area contributed by atoms with Crippen LogP contribution in [0.25, 0.3) is 0 Å². The van der Waals surface area contributed by atoms with Gasteiger partial charge < -0.3 is 14.3 Å². The van der Waals surface area contributed by atoms with Crippen LogP contribution >= 0.6 is 11.6 Å². The molecular formula is C16H22ClNO4. The SMILES string of the molecule is CCOC(=O)/C(=N\OC)c1cccc(Cl)c1COC(C)(C)C. The number of halogens is 1. The van der Waals surface area contributed by atoms with Crippen LogP contribution in [0.3, 0.4) is 0 Å². The number of esters is 1. The minimum absolute atomic E-state index is 0.0689. The van der Waals surface area contributed by atoms with Crippen LogP contribution in [0.4, 0.5) is 0 Å². The van der Waals surface area contributed by atoms with Gasteiger partial charge in [0.05, 0.1) is 18.8 Å². The zero-order valence-electron chi connectivity index (χ0n) is 13.6. The van der Waals surface area contributed by atoms with E-state index in [1.54, 1.807) is 25.1 Å². The number of benzene rings is 1. The maximum atomic E-state index is 12.1. The lowest BCUT2D eigenvalue weighted by atomic mass is 10.0. The summed E-state index contributed by atoms with van der Waals surface area (Å²) in [5.41, 5.74) is 0.943. The van der Waals surface area contributed by atoms with Crippen LogP contribution in [0.5, 0.6) is 0 Å². The summed E-state index contributed by atoms with van der Waals surface area (Å²) in [6, 6.07) is 5.21. The molecule has 0 radical (unpaired) electrons. The third-order valence-corrected chi connectivity index (χ3v) is 3.03. The molecule has 0 saturated heterocycles. The van der Waals surface area contributed by atoms with Crippen LogP contribution in [0, 0.1) is 0 Å². The summed E-state index contributed by atoms with van der Waals surface area (Å²) in [6.07, 6.45) is 0. The Balaban J connectivity index is 3.23. The first-order valence-electron chi connectivity index (χ1n) is 7.00. The van der Waals surface area contributed by atoms with Gasteiger partial charge in [0, 0.05) is 16.1 Å². The molecule has 5 nitrogen and oxygen atoms in total. The van der Waals surface area contributed by atoms with Gasteiger partial charge in [-0.3, -0.25) is 0 Å². The lowest BCUT2D eigenvalue weighted by Crippen LogP contribution is -2.23. The van der Waals surface area contributed by atoms with Crippen LogP contribution in [0.2, 0.25) is 5.02 Å². The molecule has 0 aromatic heterocycles. The highest BCUT2D eigenvalue weighted by Gasteiger charge is 2.22. The molecule has 0 heterocycles. The van der Waals surface area contributed by atoms with E-state index >= 15 is 0 Å². The molecule has 0 N–H and O–H groups in total. The fraction of sp³-hybridized carbons (Fsp3) is 0.500. The molecular weight excluding hydrogens is 306 g/mol. The second kappa shape index (κ2) is 8.15. The van der Waals surface area contributed by atoms with Crippen molar-refractivity contribution in [2.24, 2.45) is 5.16 Å². The summed E-state index contributed by atoms with van der Waals surface area (Å²) < 4.78 is 10.8. The lowest BCUT2D eigenvalue weighted by Gasteiger charge is -2.21. The van der Waals surface area contributed by atoms with E-state index in [2.05, 4.69) is 5.16 Å². The zero-order valence-corrected chi connectivity index (χ0v) is 14.4. The molecule has 1 aromatic carbocycles. The van der Waals surface area contributed by atoms with Gasteiger partial charge in [0.15, 0.2) is 5.71 Å².